The van der Waals surface area contributed by atoms with Gasteiger partial charge < -0.3 is 9.47 Å². The largest absolute Gasteiger partial charge is 0.491 e. The van der Waals surface area contributed by atoms with E-state index < -0.39 is 0 Å². The van der Waals surface area contributed by atoms with Gasteiger partial charge in [0.25, 0.3) is 0 Å². The number of ether oxygens (including phenoxy) is 2. The molecule has 0 saturated carbocycles. The Morgan fingerprint density at radius 1 is 1.11 bits per heavy atom. The van der Waals surface area contributed by atoms with E-state index in [1.165, 1.54) is 16.7 Å². The van der Waals surface area contributed by atoms with Crippen LogP contribution >= 0.6 is 0 Å². The fourth-order valence-corrected chi connectivity index (χ4v) is 1.92. The van der Waals surface area contributed by atoms with Crippen molar-refractivity contribution in [2.24, 2.45) is 0 Å². The van der Waals surface area contributed by atoms with Crippen LogP contribution in [0.5, 0.6) is 5.75 Å². The number of hydrogen-bond donors (Lipinski definition) is 0. The predicted molar refractivity (Wildman–Crippen MR) is 71.9 cm³/mol. The van der Waals surface area contributed by atoms with Gasteiger partial charge >= 0.3 is 0 Å². The minimum atomic E-state index is 0.307. The highest BCUT2D eigenvalue weighted by Crippen LogP contribution is 2.23. The Hall–Kier alpha value is -1.80. The Bertz CT molecular complexity index is 527. The third-order valence-corrected chi connectivity index (χ3v) is 3.04. The molecule has 2 nitrogen and oxygen atoms in total. The van der Waals surface area contributed by atoms with Crippen LogP contribution in [0, 0.1) is 6.92 Å². The quantitative estimate of drug-likeness (QED) is 0.764. The normalized spacial score (nSPS) is 17.5. The first-order valence-electron chi connectivity index (χ1n) is 6.23. The van der Waals surface area contributed by atoms with E-state index in [2.05, 4.69) is 43.3 Å². The van der Waals surface area contributed by atoms with Crippen LogP contribution < -0.4 is 4.74 Å². The van der Waals surface area contributed by atoms with Crippen molar-refractivity contribution in [1.29, 1.82) is 0 Å². The molecular formula is C16H16O2. The molecule has 1 heterocycles. The van der Waals surface area contributed by atoms with Crippen LogP contribution in [0.15, 0.2) is 48.5 Å². The zero-order chi connectivity index (χ0) is 12.4. The lowest BCUT2D eigenvalue weighted by Crippen LogP contribution is -2.03. The monoisotopic (exact) mass is 240 g/mol. The van der Waals surface area contributed by atoms with E-state index in [-0.39, 0.29) is 0 Å². The molecule has 2 aromatic rings. The third-order valence-electron chi connectivity index (χ3n) is 3.04. The molecule has 18 heavy (non-hydrogen) atoms. The lowest BCUT2D eigenvalue weighted by Gasteiger charge is -2.06. The number of hydrogen-bond acceptors (Lipinski definition) is 2. The van der Waals surface area contributed by atoms with Crippen LogP contribution in [0.2, 0.25) is 0 Å². The minimum absolute atomic E-state index is 0.307. The Balaban J connectivity index is 1.73. The lowest BCUT2D eigenvalue weighted by atomic mass is 10.0. The fourth-order valence-electron chi connectivity index (χ4n) is 1.92. The van der Waals surface area contributed by atoms with Crippen molar-refractivity contribution < 1.29 is 9.47 Å². The number of benzene rings is 2. The molecule has 1 saturated heterocycles. The molecule has 1 atom stereocenters. The van der Waals surface area contributed by atoms with E-state index in [1.54, 1.807) is 0 Å². The van der Waals surface area contributed by atoms with Gasteiger partial charge in [-0.15, -0.1) is 0 Å². The lowest BCUT2D eigenvalue weighted by molar-refractivity contribution is 0.263. The molecule has 0 aromatic heterocycles. The molecule has 3 rings (SSSR count). The summed E-state index contributed by atoms with van der Waals surface area (Å²) in [5.74, 6) is 0.905. The summed E-state index contributed by atoms with van der Waals surface area (Å²) in [7, 11) is 0. The van der Waals surface area contributed by atoms with Crippen LogP contribution in [0.25, 0.3) is 11.1 Å². The van der Waals surface area contributed by atoms with Gasteiger partial charge in [-0.2, -0.15) is 0 Å². The standard InChI is InChI=1S/C16H16O2/c1-12-3-2-4-14(9-12)13-5-7-15(8-6-13)17-10-16-11-18-16/h2-9,16H,10-11H2,1H3. The minimum Gasteiger partial charge on any atom is -0.491 e. The van der Waals surface area contributed by atoms with Crippen LogP contribution in [0.4, 0.5) is 0 Å². The number of aryl methyl sites for hydroxylation is 1. The molecule has 1 fully saturated rings. The predicted octanol–water partition coefficient (Wildman–Crippen LogP) is 3.44. The summed E-state index contributed by atoms with van der Waals surface area (Å²) in [6.45, 7) is 3.60. The van der Waals surface area contributed by atoms with Crippen molar-refractivity contribution in [3.05, 3.63) is 54.1 Å². The second-order valence-electron chi connectivity index (χ2n) is 4.66. The second-order valence-corrected chi connectivity index (χ2v) is 4.66. The van der Waals surface area contributed by atoms with Crippen molar-refractivity contribution >= 4 is 0 Å². The maximum atomic E-state index is 5.62. The maximum absolute atomic E-state index is 5.62. The third kappa shape index (κ3) is 2.71. The van der Waals surface area contributed by atoms with E-state index in [9.17, 15) is 0 Å². The molecule has 1 unspecified atom stereocenters. The van der Waals surface area contributed by atoms with Gasteiger partial charge in [0.1, 0.15) is 18.5 Å². The molecule has 0 radical (unpaired) electrons. The summed E-state index contributed by atoms with van der Waals surface area (Å²) in [6.07, 6.45) is 0.307. The average molecular weight is 240 g/mol. The molecule has 2 heteroatoms. The Morgan fingerprint density at radius 3 is 2.56 bits per heavy atom. The van der Waals surface area contributed by atoms with Crippen LogP contribution in [0.1, 0.15) is 5.56 Å². The molecule has 1 aliphatic rings. The molecule has 0 amide bonds. The molecule has 0 bridgehead atoms. The van der Waals surface area contributed by atoms with Gasteiger partial charge in [0.15, 0.2) is 0 Å². The summed E-state index contributed by atoms with van der Waals surface area (Å²) < 4.78 is 10.7. The van der Waals surface area contributed by atoms with E-state index in [0.717, 1.165) is 12.4 Å². The fraction of sp³-hybridized carbons (Fsp3) is 0.250. The molecular weight excluding hydrogens is 224 g/mol. The molecule has 0 spiro atoms. The van der Waals surface area contributed by atoms with Gasteiger partial charge in [0.05, 0.1) is 6.61 Å². The molecule has 0 aliphatic carbocycles. The first-order valence-corrected chi connectivity index (χ1v) is 6.23. The summed E-state index contributed by atoms with van der Waals surface area (Å²) in [4.78, 5) is 0. The second kappa shape index (κ2) is 4.83. The molecule has 1 aliphatic heterocycles. The number of epoxide rings is 1. The highest BCUT2D eigenvalue weighted by atomic mass is 16.6. The van der Waals surface area contributed by atoms with Gasteiger partial charge in [0.2, 0.25) is 0 Å². The highest BCUT2D eigenvalue weighted by molar-refractivity contribution is 5.64. The van der Waals surface area contributed by atoms with Gasteiger partial charge in [-0.3, -0.25) is 0 Å². The van der Waals surface area contributed by atoms with Gasteiger partial charge in [0, 0.05) is 0 Å². The Morgan fingerprint density at radius 2 is 1.89 bits per heavy atom. The summed E-state index contributed by atoms with van der Waals surface area (Å²) in [5, 5.41) is 0. The van der Waals surface area contributed by atoms with E-state index in [0.29, 0.717) is 12.7 Å². The Kier molecular flexibility index (Phi) is 3.03. The topological polar surface area (TPSA) is 21.8 Å². The zero-order valence-electron chi connectivity index (χ0n) is 10.4. The van der Waals surface area contributed by atoms with Gasteiger partial charge in [-0.1, -0.05) is 42.0 Å². The van der Waals surface area contributed by atoms with E-state index in [1.807, 2.05) is 12.1 Å². The zero-order valence-corrected chi connectivity index (χ0v) is 10.4. The van der Waals surface area contributed by atoms with E-state index >= 15 is 0 Å². The van der Waals surface area contributed by atoms with E-state index in [4.69, 9.17) is 9.47 Å². The van der Waals surface area contributed by atoms with Crippen molar-refractivity contribution in [2.45, 2.75) is 13.0 Å². The number of rotatable bonds is 4. The summed E-state index contributed by atoms with van der Waals surface area (Å²) in [6, 6.07) is 16.7. The van der Waals surface area contributed by atoms with Gasteiger partial charge in [-0.05, 0) is 30.2 Å². The smallest absolute Gasteiger partial charge is 0.119 e. The van der Waals surface area contributed by atoms with Crippen molar-refractivity contribution in [3.63, 3.8) is 0 Å². The first-order chi connectivity index (χ1) is 8.81. The average Bonchev–Trinajstić information content (AvgIpc) is 3.21. The van der Waals surface area contributed by atoms with Crippen LogP contribution in [-0.4, -0.2) is 19.3 Å². The van der Waals surface area contributed by atoms with Crippen molar-refractivity contribution in [2.75, 3.05) is 13.2 Å². The molecule has 2 aromatic carbocycles. The van der Waals surface area contributed by atoms with Crippen molar-refractivity contribution in [3.8, 4) is 16.9 Å². The van der Waals surface area contributed by atoms with Crippen LogP contribution in [0.3, 0.4) is 0 Å². The first kappa shape index (κ1) is 11.3. The Labute approximate surface area is 107 Å². The van der Waals surface area contributed by atoms with Gasteiger partial charge in [-0.25, -0.2) is 0 Å². The van der Waals surface area contributed by atoms with Crippen LogP contribution in [-0.2, 0) is 4.74 Å². The highest BCUT2D eigenvalue weighted by Gasteiger charge is 2.22. The summed E-state index contributed by atoms with van der Waals surface area (Å²) in [5.41, 5.74) is 3.74. The molecule has 0 N–H and O–H groups in total. The SMILES string of the molecule is Cc1cccc(-c2ccc(OCC3CO3)cc2)c1. The molecule has 92 valence electrons. The summed E-state index contributed by atoms with van der Waals surface area (Å²) >= 11 is 0. The van der Waals surface area contributed by atoms with Crippen molar-refractivity contribution in [1.82, 2.24) is 0 Å². The maximum Gasteiger partial charge on any atom is 0.119 e.